The third-order valence-electron chi connectivity index (χ3n) is 3.29. The molecule has 0 radical (unpaired) electrons. The summed E-state index contributed by atoms with van der Waals surface area (Å²) in [6, 6.07) is 5.40. The number of carbonyl (C=O) groups excluding carboxylic acids is 1. The van der Waals surface area contributed by atoms with E-state index < -0.39 is 0 Å². The second-order valence-corrected chi connectivity index (χ2v) is 4.57. The lowest BCUT2D eigenvalue weighted by molar-refractivity contribution is 0.0678. The van der Waals surface area contributed by atoms with Crippen LogP contribution in [0.15, 0.2) is 18.2 Å². The van der Waals surface area contributed by atoms with Crippen molar-refractivity contribution < 1.29 is 9.90 Å². The number of hydrogen-bond donors (Lipinski definition) is 2. The highest BCUT2D eigenvalue weighted by Gasteiger charge is 2.29. The molecule has 1 amide bonds. The van der Waals surface area contributed by atoms with Gasteiger partial charge in [0.25, 0.3) is 5.91 Å². The molecule has 1 aliphatic heterocycles. The predicted octanol–water partition coefficient (Wildman–Crippen LogP) is 1.17. The Labute approximate surface area is 101 Å². The lowest BCUT2D eigenvalue weighted by Crippen LogP contribution is -2.37. The first-order valence-corrected chi connectivity index (χ1v) is 5.91. The van der Waals surface area contributed by atoms with E-state index in [1.807, 2.05) is 13.0 Å². The van der Waals surface area contributed by atoms with Crippen molar-refractivity contribution in [1.29, 1.82) is 0 Å². The van der Waals surface area contributed by atoms with Gasteiger partial charge in [-0.05, 0) is 37.5 Å². The number of rotatable bonds is 2. The summed E-state index contributed by atoms with van der Waals surface area (Å²) < 4.78 is 0. The average Bonchev–Trinajstić information content (AvgIpc) is 2.76. The van der Waals surface area contributed by atoms with Gasteiger partial charge in [-0.2, -0.15) is 0 Å². The standard InChI is InChI=1S/C13H18N2O2/c1-9-4-5-11(12(14)7-9)13(17)15-6-2-3-10(15)8-16/h4-5,7,10,16H,2-3,6,8,14H2,1H3. The van der Waals surface area contributed by atoms with E-state index in [1.165, 1.54) is 0 Å². The Morgan fingerprint density at radius 2 is 2.35 bits per heavy atom. The van der Waals surface area contributed by atoms with E-state index in [0.717, 1.165) is 18.4 Å². The minimum atomic E-state index is -0.0703. The third kappa shape index (κ3) is 2.26. The highest BCUT2D eigenvalue weighted by molar-refractivity contribution is 5.99. The molecule has 1 unspecified atom stereocenters. The zero-order valence-electron chi connectivity index (χ0n) is 10.0. The molecule has 1 heterocycles. The summed E-state index contributed by atoms with van der Waals surface area (Å²) in [5.74, 6) is -0.0703. The van der Waals surface area contributed by atoms with Crippen LogP contribution in [0.5, 0.6) is 0 Å². The molecule has 17 heavy (non-hydrogen) atoms. The molecule has 0 aromatic heterocycles. The van der Waals surface area contributed by atoms with Crippen molar-refractivity contribution >= 4 is 11.6 Å². The van der Waals surface area contributed by atoms with Crippen LogP contribution in [0.1, 0.15) is 28.8 Å². The molecule has 2 rings (SSSR count). The molecule has 1 atom stereocenters. The first-order valence-electron chi connectivity index (χ1n) is 5.91. The smallest absolute Gasteiger partial charge is 0.256 e. The Kier molecular flexibility index (Phi) is 3.33. The molecule has 0 bridgehead atoms. The number of aliphatic hydroxyl groups excluding tert-OH is 1. The fourth-order valence-corrected chi connectivity index (χ4v) is 2.32. The van der Waals surface area contributed by atoms with Gasteiger partial charge in [0.2, 0.25) is 0 Å². The largest absolute Gasteiger partial charge is 0.398 e. The van der Waals surface area contributed by atoms with Crippen molar-refractivity contribution in [2.45, 2.75) is 25.8 Å². The number of nitrogens with zero attached hydrogens (tertiary/aromatic N) is 1. The minimum Gasteiger partial charge on any atom is -0.398 e. The van der Waals surface area contributed by atoms with Crippen LogP contribution in [0.25, 0.3) is 0 Å². The number of benzene rings is 1. The molecule has 4 heteroatoms. The van der Waals surface area contributed by atoms with E-state index in [2.05, 4.69) is 0 Å². The van der Waals surface area contributed by atoms with Crippen molar-refractivity contribution in [3.05, 3.63) is 29.3 Å². The number of anilines is 1. The lowest BCUT2D eigenvalue weighted by Gasteiger charge is -2.23. The van der Waals surface area contributed by atoms with Crippen LogP contribution in [0.2, 0.25) is 0 Å². The first-order chi connectivity index (χ1) is 8.13. The van der Waals surface area contributed by atoms with Crippen molar-refractivity contribution in [2.24, 2.45) is 0 Å². The second-order valence-electron chi connectivity index (χ2n) is 4.57. The number of aryl methyl sites for hydroxylation is 1. The van der Waals surface area contributed by atoms with Gasteiger partial charge < -0.3 is 15.7 Å². The van der Waals surface area contributed by atoms with Crippen LogP contribution in [-0.2, 0) is 0 Å². The maximum Gasteiger partial charge on any atom is 0.256 e. The number of amides is 1. The predicted molar refractivity (Wildman–Crippen MR) is 66.7 cm³/mol. The summed E-state index contributed by atoms with van der Waals surface area (Å²) >= 11 is 0. The summed E-state index contributed by atoms with van der Waals surface area (Å²) in [7, 11) is 0. The maximum atomic E-state index is 12.3. The van der Waals surface area contributed by atoms with Gasteiger partial charge in [0, 0.05) is 12.2 Å². The van der Waals surface area contributed by atoms with Crippen LogP contribution in [-0.4, -0.2) is 35.1 Å². The average molecular weight is 234 g/mol. The maximum absolute atomic E-state index is 12.3. The highest BCUT2D eigenvalue weighted by Crippen LogP contribution is 2.22. The van der Waals surface area contributed by atoms with Gasteiger partial charge >= 0.3 is 0 Å². The molecule has 4 nitrogen and oxygen atoms in total. The normalized spacial score (nSPS) is 19.6. The molecule has 3 N–H and O–H groups in total. The Morgan fingerprint density at radius 1 is 1.59 bits per heavy atom. The number of hydrogen-bond acceptors (Lipinski definition) is 3. The van der Waals surface area contributed by atoms with Crippen LogP contribution < -0.4 is 5.73 Å². The van der Waals surface area contributed by atoms with E-state index >= 15 is 0 Å². The summed E-state index contributed by atoms with van der Waals surface area (Å²) in [5, 5.41) is 9.22. The number of nitrogens with two attached hydrogens (primary N) is 1. The Hall–Kier alpha value is -1.55. The van der Waals surface area contributed by atoms with E-state index in [0.29, 0.717) is 17.8 Å². The highest BCUT2D eigenvalue weighted by atomic mass is 16.3. The fourth-order valence-electron chi connectivity index (χ4n) is 2.32. The van der Waals surface area contributed by atoms with Crippen molar-refractivity contribution in [3.63, 3.8) is 0 Å². The van der Waals surface area contributed by atoms with E-state index in [1.54, 1.807) is 17.0 Å². The molecule has 1 aromatic carbocycles. The third-order valence-corrected chi connectivity index (χ3v) is 3.29. The van der Waals surface area contributed by atoms with E-state index in [4.69, 9.17) is 5.73 Å². The van der Waals surface area contributed by atoms with Crippen molar-refractivity contribution in [2.75, 3.05) is 18.9 Å². The summed E-state index contributed by atoms with van der Waals surface area (Å²) in [6.07, 6.45) is 1.82. The second kappa shape index (κ2) is 4.75. The van der Waals surface area contributed by atoms with E-state index in [9.17, 15) is 9.90 Å². The summed E-state index contributed by atoms with van der Waals surface area (Å²) in [6.45, 7) is 2.67. The molecule has 0 saturated carbocycles. The lowest BCUT2D eigenvalue weighted by atomic mass is 10.1. The number of likely N-dealkylation sites (tertiary alicyclic amines) is 1. The van der Waals surface area contributed by atoms with Crippen molar-refractivity contribution in [3.8, 4) is 0 Å². The molecule has 0 aliphatic carbocycles. The first kappa shape index (κ1) is 11.9. The molecule has 1 fully saturated rings. The molecule has 92 valence electrons. The summed E-state index contributed by atoms with van der Waals surface area (Å²) in [5.41, 5.74) is 7.96. The SMILES string of the molecule is Cc1ccc(C(=O)N2CCCC2CO)c(N)c1. The quantitative estimate of drug-likeness (QED) is 0.755. The molecule has 1 aliphatic rings. The van der Waals surface area contributed by atoms with Gasteiger partial charge in [0.1, 0.15) is 0 Å². The Balaban J connectivity index is 2.24. The molecular weight excluding hydrogens is 216 g/mol. The molecule has 1 saturated heterocycles. The number of carbonyl (C=O) groups is 1. The van der Waals surface area contributed by atoms with Gasteiger partial charge in [-0.3, -0.25) is 4.79 Å². The van der Waals surface area contributed by atoms with E-state index in [-0.39, 0.29) is 18.6 Å². The molecule has 1 aromatic rings. The zero-order chi connectivity index (χ0) is 12.4. The van der Waals surface area contributed by atoms with Gasteiger partial charge in [-0.25, -0.2) is 0 Å². The van der Waals surface area contributed by atoms with Crippen molar-refractivity contribution in [1.82, 2.24) is 4.90 Å². The Bertz CT molecular complexity index is 431. The topological polar surface area (TPSA) is 66.6 Å². The van der Waals surface area contributed by atoms with Gasteiger partial charge in [0.05, 0.1) is 18.2 Å². The van der Waals surface area contributed by atoms with Gasteiger partial charge in [-0.1, -0.05) is 6.07 Å². The zero-order valence-corrected chi connectivity index (χ0v) is 10.0. The fraction of sp³-hybridized carbons (Fsp3) is 0.462. The molecular formula is C13H18N2O2. The number of nitrogen functional groups attached to an aromatic ring is 1. The molecule has 0 spiro atoms. The van der Waals surface area contributed by atoms with Gasteiger partial charge in [0.15, 0.2) is 0 Å². The van der Waals surface area contributed by atoms with Crippen LogP contribution in [0.3, 0.4) is 0 Å². The van der Waals surface area contributed by atoms with Crippen LogP contribution >= 0.6 is 0 Å². The minimum absolute atomic E-state index is 0.0253. The monoisotopic (exact) mass is 234 g/mol. The van der Waals surface area contributed by atoms with Crippen LogP contribution in [0, 0.1) is 6.92 Å². The van der Waals surface area contributed by atoms with Crippen LogP contribution in [0.4, 0.5) is 5.69 Å². The summed E-state index contributed by atoms with van der Waals surface area (Å²) in [4.78, 5) is 14.0. The number of aliphatic hydroxyl groups is 1. The Morgan fingerprint density at radius 3 is 3.00 bits per heavy atom. The van der Waals surface area contributed by atoms with Gasteiger partial charge in [-0.15, -0.1) is 0 Å².